The van der Waals surface area contributed by atoms with Crippen LogP contribution in [0.2, 0.25) is 0 Å². The zero-order chi connectivity index (χ0) is 19.7. The molecule has 1 aliphatic heterocycles. The molecule has 3 N–H and O–H groups in total. The lowest BCUT2D eigenvalue weighted by Crippen LogP contribution is -2.53. The Bertz CT molecular complexity index is 1040. The fourth-order valence-corrected chi connectivity index (χ4v) is 3.52. The van der Waals surface area contributed by atoms with Gasteiger partial charge in [-0.2, -0.15) is 0 Å². The van der Waals surface area contributed by atoms with Crippen LogP contribution in [0.5, 0.6) is 0 Å². The molecule has 0 spiro atoms. The third-order valence-electron chi connectivity index (χ3n) is 5.11. The van der Waals surface area contributed by atoms with Crippen molar-refractivity contribution in [1.82, 2.24) is 10.6 Å². The first kappa shape index (κ1) is 18.5. The minimum absolute atomic E-state index is 0.247. The number of amides is 1. The van der Waals surface area contributed by atoms with Gasteiger partial charge in [0.05, 0.1) is 12.1 Å². The standard InChI is InChI=1S/C22H20F2N2O2/c23-17-5-6-18(19(24)11-17)15-3-1-14-10-16(4-2-13(14)9-15)22(28)26-20-12-25-8-7-21(20)27/h1-6,9-11,20-21,25,27H,7-8,12H2,(H,26,28)/t20-,21-/m1/s1. The predicted molar refractivity (Wildman–Crippen MR) is 104 cm³/mol. The summed E-state index contributed by atoms with van der Waals surface area (Å²) in [6, 6.07) is 13.8. The van der Waals surface area contributed by atoms with Crippen LogP contribution in [0.25, 0.3) is 21.9 Å². The number of halogens is 2. The van der Waals surface area contributed by atoms with Gasteiger partial charge in [-0.3, -0.25) is 4.79 Å². The van der Waals surface area contributed by atoms with E-state index in [1.165, 1.54) is 12.1 Å². The largest absolute Gasteiger partial charge is 0.391 e. The third kappa shape index (κ3) is 3.74. The van der Waals surface area contributed by atoms with Gasteiger partial charge in [0.2, 0.25) is 0 Å². The summed E-state index contributed by atoms with van der Waals surface area (Å²) < 4.78 is 27.2. The number of hydrogen-bond donors (Lipinski definition) is 3. The Morgan fingerprint density at radius 2 is 1.82 bits per heavy atom. The first-order valence-corrected chi connectivity index (χ1v) is 9.20. The first-order valence-electron chi connectivity index (χ1n) is 9.20. The molecule has 1 fully saturated rings. The number of fused-ring (bicyclic) bond motifs is 1. The van der Waals surface area contributed by atoms with Crippen molar-refractivity contribution in [3.05, 3.63) is 71.8 Å². The lowest BCUT2D eigenvalue weighted by molar-refractivity contribution is 0.0755. The van der Waals surface area contributed by atoms with Crippen LogP contribution in [-0.2, 0) is 0 Å². The summed E-state index contributed by atoms with van der Waals surface area (Å²) in [5.74, 6) is -1.48. The van der Waals surface area contributed by atoms with E-state index in [4.69, 9.17) is 0 Å². The first-order chi connectivity index (χ1) is 13.5. The summed E-state index contributed by atoms with van der Waals surface area (Å²) in [4.78, 5) is 12.5. The average Bonchev–Trinajstić information content (AvgIpc) is 2.69. The van der Waals surface area contributed by atoms with Gasteiger partial charge >= 0.3 is 0 Å². The van der Waals surface area contributed by atoms with Crippen molar-refractivity contribution in [3.63, 3.8) is 0 Å². The Morgan fingerprint density at radius 1 is 1.04 bits per heavy atom. The van der Waals surface area contributed by atoms with Crippen molar-refractivity contribution in [2.75, 3.05) is 13.1 Å². The zero-order valence-electron chi connectivity index (χ0n) is 15.1. The molecule has 1 saturated heterocycles. The van der Waals surface area contributed by atoms with Crippen LogP contribution < -0.4 is 10.6 Å². The maximum absolute atomic E-state index is 14.0. The summed E-state index contributed by atoms with van der Waals surface area (Å²) in [7, 11) is 0. The topological polar surface area (TPSA) is 61.4 Å². The van der Waals surface area contributed by atoms with Gasteiger partial charge in [-0.1, -0.05) is 18.2 Å². The summed E-state index contributed by atoms with van der Waals surface area (Å²) in [5.41, 5.74) is 1.45. The normalized spacial score (nSPS) is 19.5. The Balaban J connectivity index is 1.58. The molecule has 6 heteroatoms. The molecule has 0 aliphatic carbocycles. The summed E-state index contributed by atoms with van der Waals surface area (Å²) in [6.07, 6.45) is 0.0459. The Hall–Kier alpha value is -2.83. The highest BCUT2D eigenvalue weighted by Crippen LogP contribution is 2.27. The number of benzene rings is 3. The second-order valence-electron chi connectivity index (χ2n) is 7.04. The fourth-order valence-electron chi connectivity index (χ4n) is 3.52. The molecule has 1 heterocycles. The molecule has 3 aromatic rings. The lowest BCUT2D eigenvalue weighted by atomic mass is 9.99. The highest BCUT2D eigenvalue weighted by atomic mass is 19.1. The van der Waals surface area contributed by atoms with Gasteiger partial charge in [0.25, 0.3) is 5.91 Å². The van der Waals surface area contributed by atoms with E-state index < -0.39 is 17.7 Å². The number of aliphatic hydroxyl groups is 1. The van der Waals surface area contributed by atoms with Crippen LogP contribution in [0, 0.1) is 11.6 Å². The van der Waals surface area contributed by atoms with Crippen molar-refractivity contribution in [2.24, 2.45) is 0 Å². The van der Waals surface area contributed by atoms with E-state index in [9.17, 15) is 18.7 Å². The van der Waals surface area contributed by atoms with Gasteiger partial charge in [0, 0.05) is 23.7 Å². The quantitative estimate of drug-likeness (QED) is 0.652. The van der Waals surface area contributed by atoms with E-state index >= 15 is 0 Å². The molecule has 4 nitrogen and oxygen atoms in total. The van der Waals surface area contributed by atoms with Crippen LogP contribution in [0.4, 0.5) is 8.78 Å². The molecule has 3 aromatic carbocycles. The lowest BCUT2D eigenvalue weighted by Gasteiger charge is -2.29. The smallest absolute Gasteiger partial charge is 0.251 e. The minimum atomic E-state index is -0.616. The van der Waals surface area contributed by atoms with Crippen LogP contribution in [-0.4, -0.2) is 36.2 Å². The molecule has 28 heavy (non-hydrogen) atoms. The van der Waals surface area contributed by atoms with E-state index in [-0.39, 0.29) is 11.9 Å². The summed E-state index contributed by atoms with van der Waals surface area (Å²) >= 11 is 0. The molecular formula is C22H20F2N2O2. The number of carbonyl (C=O) groups excluding carboxylic acids is 1. The van der Waals surface area contributed by atoms with Gasteiger partial charge in [0.1, 0.15) is 11.6 Å². The number of carbonyl (C=O) groups is 1. The average molecular weight is 382 g/mol. The molecule has 0 radical (unpaired) electrons. The van der Waals surface area contributed by atoms with Crippen LogP contribution in [0.1, 0.15) is 16.8 Å². The second kappa shape index (κ2) is 7.66. The number of aliphatic hydroxyl groups excluding tert-OH is 1. The molecule has 0 bridgehead atoms. The molecule has 1 aliphatic rings. The van der Waals surface area contributed by atoms with Crippen LogP contribution in [0.15, 0.2) is 54.6 Å². The molecular weight excluding hydrogens is 362 g/mol. The van der Waals surface area contributed by atoms with Gasteiger partial charge in [-0.15, -0.1) is 0 Å². The highest BCUT2D eigenvalue weighted by molar-refractivity contribution is 5.99. The molecule has 0 aromatic heterocycles. The maximum Gasteiger partial charge on any atom is 0.251 e. The Labute approximate surface area is 161 Å². The van der Waals surface area contributed by atoms with E-state index in [2.05, 4.69) is 10.6 Å². The Kier molecular flexibility index (Phi) is 5.07. The van der Waals surface area contributed by atoms with E-state index in [0.29, 0.717) is 29.7 Å². The van der Waals surface area contributed by atoms with Gasteiger partial charge < -0.3 is 15.7 Å². The van der Waals surface area contributed by atoms with Gasteiger partial charge in [0.15, 0.2) is 0 Å². The minimum Gasteiger partial charge on any atom is -0.391 e. The molecule has 2 atom stereocenters. The monoisotopic (exact) mass is 382 g/mol. The van der Waals surface area contributed by atoms with E-state index in [1.807, 2.05) is 6.07 Å². The molecule has 0 saturated carbocycles. The van der Waals surface area contributed by atoms with Crippen molar-refractivity contribution >= 4 is 16.7 Å². The molecule has 144 valence electrons. The third-order valence-corrected chi connectivity index (χ3v) is 5.11. The number of rotatable bonds is 3. The highest BCUT2D eigenvalue weighted by Gasteiger charge is 2.24. The van der Waals surface area contributed by atoms with Gasteiger partial charge in [-0.25, -0.2) is 8.78 Å². The van der Waals surface area contributed by atoms with Crippen molar-refractivity contribution < 1.29 is 18.7 Å². The van der Waals surface area contributed by atoms with E-state index in [0.717, 1.165) is 23.4 Å². The van der Waals surface area contributed by atoms with Crippen molar-refractivity contribution in [2.45, 2.75) is 18.6 Å². The Morgan fingerprint density at radius 3 is 2.61 bits per heavy atom. The van der Waals surface area contributed by atoms with Crippen LogP contribution in [0.3, 0.4) is 0 Å². The van der Waals surface area contributed by atoms with Crippen molar-refractivity contribution in [3.8, 4) is 11.1 Å². The molecule has 0 unspecified atom stereocenters. The van der Waals surface area contributed by atoms with Crippen LogP contribution >= 0.6 is 0 Å². The summed E-state index contributed by atoms with van der Waals surface area (Å²) in [6.45, 7) is 1.27. The van der Waals surface area contributed by atoms with Gasteiger partial charge in [-0.05, 0) is 59.6 Å². The van der Waals surface area contributed by atoms with Crippen molar-refractivity contribution in [1.29, 1.82) is 0 Å². The molecule has 1 amide bonds. The van der Waals surface area contributed by atoms with E-state index in [1.54, 1.807) is 30.3 Å². The number of nitrogens with one attached hydrogen (secondary N) is 2. The maximum atomic E-state index is 14.0. The zero-order valence-corrected chi connectivity index (χ0v) is 15.1. The number of piperidine rings is 1. The second-order valence-corrected chi connectivity index (χ2v) is 7.04. The summed E-state index contributed by atoms with van der Waals surface area (Å²) in [5, 5.41) is 17.7. The fraction of sp³-hybridized carbons (Fsp3) is 0.227. The predicted octanol–water partition coefficient (Wildman–Crippen LogP) is 3.24. The SMILES string of the molecule is O=C(N[C@@H]1CNCC[C@H]1O)c1ccc2cc(-c3ccc(F)cc3F)ccc2c1. The molecule has 4 rings (SSSR count). The number of hydrogen-bond acceptors (Lipinski definition) is 3.